The molecule has 134 valence electrons. The molecule has 0 heterocycles. The average molecular weight is 343 g/mol. The Balaban J connectivity index is 1.96. The first-order valence-corrected chi connectivity index (χ1v) is 8.35. The molecule has 0 aliphatic heterocycles. The van der Waals surface area contributed by atoms with E-state index >= 15 is 0 Å². The summed E-state index contributed by atoms with van der Waals surface area (Å²) in [6.45, 7) is 0.513. The third-order valence-corrected chi connectivity index (χ3v) is 4.13. The molecule has 0 aliphatic rings. The fourth-order valence-corrected chi connectivity index (χ4v) is 2.74. The van der Waals surface area contributed by atoms with E-state index in [2.05, 4.69) is 29.6 Å². The molecule has 2 aromatic carbocycles. The van der Waals surface area contributed by atoms with Crippen LogP contribution in [0, 0.1) is 5.82 Å². The molecule has 1 atom stereocenters. The van der Waals surface area contributed by atoms with Crippen molar-refractivity contribution in [2.75, 3.05) is 39.6 Å². The van der Waals surface area contributed by atoms with E-state index in [0.717, 1.165) is 17.7 Å². The zero-order chi connectivity index (χ0) is 18.4. The lowest BCUT2D eigenvalue weighted by atomic mass is 10.0. The van der Waals surface area contributed by atoms with Crippen molar-refractivity contribution < 1.29 is 9.18 Å². The fourth-order valence-electron chi connectivity index (χ4n) is 2.74. The Morgan fingerprint density at radius 3 is 2.24 bits per heavy atom. The fraction of sp³-hybridized carbons (Fsp3) is 0.350. The predicted molar refractivity (Wildman–Crippen MR) is 100 cm³/mol. The van der Waals surface area contributed by atoms with Crippen LogP contribution in [0.5, 0.6) is 0 Å². The Morgan fingerprint density at radius 1 is 1.04 bits per heavy atom. The second-order valence-electron chi connectivity index (χ2n) is 6.49. The van der Waals surface area contributed by atoms with Gasteiger partial charge in [-0.05, 0) is 44.3 Å². The zero-order valence-electron chi connectivity index (χ0n) is 15.3. The summed E-state index contributed by atoms with van der Waals surface area (Å²) < 4.78 is 14.0. The van der Waals surface area contributed by atoms with E-state index in [-0.39, 0.29) is 11.7 Å². The van der Waals surface area contributed by atoms with Gasteiger partial charge in [0.15, 0.2) is 0 Å². The maximum atomic E-state index is 14.0. The minimum Gasteiger partial charge on any atom is -0.378 e. The van der Waals surface area contributed by atoms with Gasteiger partial charge in [-0.15, -0.1) is 0 Å². The number of likely N-dealkylation sites (N-methyl/N-ethyl adjacent to an activating group) is 1. The molecular weight excluding hydrogens is 317 g/mol. The van der Waals surface area contributed by atoms with Crippen molar-refractivity contribution in [2.45, 2.75) is 12.5 Å². The first-order valence-electron chi connectivity index (χ1n) is 8.35. The number of amides is 1. The van der Waals surface area contributed by atoms with Gasteiger partial charge in [0, 0.05) is 31.9 Å². The molecule has 2 aromatic rings. The molecule has 25 heavy (non-hydrogen) atoms. The lowest BCUT2D eigenvalue weighted by molar-refractivity contribution is -0.125. The van der Waals surface area contributed by atoms with E-state index in [0.29, 0.717) is 12.1 Å². The number of hydrogen-bond donors (Lipinski definition) is 1. The highest BCUT2D eigenvalue weighted by Crippen LogP contribution is 2.21. The summed E-state index contributed by atoms with van der Waals surface area (Å²) in [5.74, 6) is -0.560. The summed E-state index contributed by atoms with van der Waals surface area (Å²) >= 11 is 0. The van der Waals surface area contributed by atoms with Crippen molar-refractivity contribution in [3.8, 4) is 0 Å². The highest BCUT2D eigenvalue weighted by molar-refractivity contribution is 5.83. The number of nitrogens with one attached hydrogen (secondary N) is 1. The van der Waals surface area contributed by atoms with Gasteiger partial charge in [0.05, 0.1) is 0 Å². The molecule has 0 aliphatic carbocycles. The standard InChI is InChI=1S/C20H26FN3O/c1-23(2)16-11-9-15(10-12-16)13-14-22-20(25)19(24(3)4)17-7-5-6-8-18(17)21/h5-12,19H,13-14H2,1-4H3,(H,22,25)/t19-/m0/s1. The monoisotopic (exact) mass is 343 g/mol. The van der Waals surface area contributed by atoms with Crippen LogP contribution in [0.1, 0.15) is 17.2 Å². The average Bonchev–Trinajstić information content (AvgIpc) is 2.57. The van der Waals surface area contributed by atoms with E-state index in [1.54, 1.807) is 37.2 Å². The van der Waals surface area contributed by atoms with Gasteiger partial charge in [-0.25, -0.2) is 4.39 Å². The summed E-state index contributed by atoms with van der Waals surface area (Å²) in [6.07, 6.45) is 0.733. The molecule has 0 unspecified atom stereocenters. The summed E-state index contributed by atoms with van der Waals surface area (Å²) in [4.78, 5) is 16.3. The van der Waals surface area contributed by atoms with Crippen molar-refractivity contribution in [3.05, 3.63) is 65.5 Å². The number of carbonyl (C=O) groups excluding carboxylic acids is 1. The van der Waals surface area contributed by atoms with E-state index in [4.69, 9.17) is 0 Å². The van der Waals surface area contributed by atoms with Crippen molar-refractivity contribution in [2.24, 2.45) is 0 Å². The van der Waals surface area contributed by atoms with Crippen LogP contribution in [0.25, 0.3) is 0 Å². The normalized spacial score (nSPS) is 12.1. The predicted octanol–water partition coefficient (Wildman–Crippen LogP) is 2.85. The van der Waals surface area contributed by atoms with Crippen LogP contribution in [-0.4, -0.2) is 45.5 Å². The summed E-state index contributed by atoms with van der Waals surface area (Å²) in [5.41, 5.74) is 2.68. The van der Waals surface area contributed by atoms with Gasteiger partial charge in [0.25, 0.3) is 0 Å². The number of benzene rings is 2. The maximum Gasteiger partial charge on any atom is 0.242 e. The van der Waals surface area contributed by atoms with Crippen LogP contribution in [0.4, 0.5) is 10.1 Å². The Morgan fingerprint density at radius 2 is 1.68 bits per heavy atom. The molecule has 5 heteroatoms. The molecule has 0 bridgehead atoms. The third-order valence-electron chi connectivity index (χ3n) is 4.13. The Kier molecular flexibility index (Phi) is 6.53. The van der Waals surface area contributed by atoms with Crippen molar-refractivity contribution in [1.29, 1.82) is 0 Å². The SMILES string of the molecule is CN(C)c1ccc(CCNC(=O)[C@H](c2ccccc2F)N(C)C)cc1. The summed E-state index contributed by atoms with van der Waals surface area (Å²) in [5, 5.41) is 2.92. The quantitative estimate of drug-likeness (QED) is 0.840. The highest BCUT2D eigenvalue weighted by atomic mass is 19.1. The van der Waals surface area contributed by atoms with Crippen LogP contribution in [0.15, 0.2) is 48.5 Å². The molecule has 1 amide bonds. The van der Waals surface area contributed by atoms with Crippen molar-refractivity contribution in [3.63, 3.8) is 0 Å². The topological polar surface area (TPSA) is 35.6 Å². The molecule has 0 spiro atoms. The summed E-state index contributed by atoms with van der Waals surface area (Å²) in [7, 11) is 7.55. The Labute approximate surface area is 149 Å². The van der Waals surface area contributed by atoms with Crippen LogP contribution in [0.3, 0.4) is 0 Å². The van der Waals surface area contributed by atoms with Gasteiger partial charge < -0.3 is 10.2 Å². The lowest BCUT2D eigenvalue weighted by Gasteiger charge is -2.24. The molecule has 0 aromatic heterocycles. The molecular formula is C20H26FN3O. The zero-order valence-corrected chi connectivity index (χ0v) is 15.3. The van der Waals surface area contributed by atoms with Crippen molar-refractivity contribution in [1.82, 2.24) is 10.2 Å². The molecule has 0 saturated heterocycles. The molecule has 4 nitrogen and oxygen atoms in total. The number of hydrogen-bond acceptors (Lipinski definition) is 3. The molecule has 2 rings (SSSR count). The Hall–Kier alpha value is -2.40. The second kappa shape index (κ2) is 8.62. The van der Waals surface area contributed by atoms with Gasteiger partial charge in [-0.1, -0.05) is 30.3 Å². The minimum atomic E-state index is -0.641. The molecule has 0 radical (unpaired) electrons. The van der Waals surface area contributed by atoms with Gasteiger partial charge in [0.2, 0.25) is 5.91 Å². The highest BCUT2D eigenvalue weighted by Gasteiger charge is 2.25. The first kappa shape index (κ1) is 18.9. The largest absolute Gasteiger partial charge is 0.378 e. The van der Waals surface area contributed by atoms with Gasteiger partial charge in [-0.2, -0.15) is 0 Å². The van der Waals surface area contributed by atoms with Crippen LogP contribution in [0.2, 0.25) is 0 Å². The first-order chi connectivity index (χ1) is 11.9. The van der Waals surface area contributed by atoms with Gasteiger partial charge in [0.1, 0.15) is 11.9 Å². The van der Waals surface area contributed by atoms with Crippen LogP contribution in [-0.2, 0) is 11.2 Å². The van der Waals surface area contributed by atoms with E-state index < -0.39 is 6.04 Å². The number of halogens is 1. The third kappa shape index (κ3) is 5.03. The van der Waals surface area contributed by atoms with Gasteiger partial charge in [-0.3, -0.25) is 9.69 Å². The number of nitrogens with zero attached hydrogens (tertiary/aromatic N) is 2. The molecule has 1 N–H and O–H groups in total. The lowest BCUT2D eigenvalue weighted by Crippen LogP contribution is -2.38. The molecule has 0 saturated carbocycles. The summed E-state index contributed by atoms with van der Waals surface area (Å²) in [6, 6.07) is 14.0. The number of anilines is 1. The minimum absolute atomic E-state index is 0.194. The number of carbonyl (C=O) groups is 1. The second-order valence-corrected chi connectivity index (χ2v) is 6.49. The van der Waals surface area contributed by atoms with Crippen LogP contribution >= 0.6 is 0 Å². The van der Waals surface area contributed by atoms with E-state index in [1.807, 2.05) is 19.0 Å². The van der Waals surface area contributed by atoms with Crippen molar-refractivity contribution >= 4 is 11.6 Å². The van der Waals surface area contributed by atoms with Gasteiger partial charge >= 0.3 is 0 Å². The van der Waals surface area contributed by atoms with E-state index in [9.17, 15) is 9.18 Å². The number of rotatable bonds is 7. The maximum absolute atomic E-state index is 14.0. The Bertz CT molecular complexity index is 698. The molecule has 0 fully saturated rings. The van der Waals surface area contributed by atoms with Crippen LogP contribution < -0.4 is 10.2 Å². The smallest absolute Gasteiger partial charge is 0.242 e. The van der Waals surface area contributed by atoms with E-state index in [1.165, 1.54) is 6.07 Å².